The monoisotopic (exact) mass is 365 g/mol. The maximum Gasteiger partial charge on any atom is 0.419 e. The fourth-order valence-electron chi connectivity index (χ4n) is 2.79. The first-order valence-electron chi connectivity index (χ1n) is 8.18. The number of nitrogens with one attached hydrogen (secondary N) is 1. The molecule has 0 bridgehead atoms. The minimum Gasteiger partial charge on any atom is -0.491 e. The van der Waals surface area contributed by atoms with E-state index in [1.165, 1.54) is 25.1 Å². The van der Waals surface area contributed by atoms with E-state index in [2.05, 4.69) is 5.32 Å². The molecule has 0 aliphatic carbocycles. The molecule has 7 heteroatoms. The lowest BCUT2D eigenvalue weighted by molar-refractivity contribution is -0.140. The van der Waals surface area contributed by atoms with Crippen LogP contribution in [0.15, 0.2) is 48.5 Å². The fraction of sp³-hybridized carbons (Fsp3) is 0.316. The van der Waals surface area contributed by atoms with Crippen LogP contribution in [0.1, 0.15) is 18.1 Å². The number of carbonyl (C=O) groups is 1. The number of amides is 1. The molecule has 1 aliphatic heterocycles. The van der Waals surface area contributed by atoms with Crippen LogP contribution in [0.4, 0.5) is 13.2 Å². The lowest BCUT2D eigenvalue weighted by Crippen LogP contribution is -2.47. The van der Waals surface area contributed by atoms with Crippen molar-refractivity contribution in [1.29, 1.82) is 0 Å². The molecule has 0 saturated heterocycles. The highest BCUT2D eigenvalue weighted by Gasteiger charge is 2.35. The SMILES string of the molecule is C[C@H](Oc1ccccc1C(F)(F)F)C(=O)N[C@H]1COc2ccccc2C1. The summed E-state index contributed by atoms with van der Waals surface area (Å²) in [5, 5.41) is 2.77. The van der Waals surface area contributed by atoms with Gasteiger partial charge in [0.05, 0.1) is 11.6 Å². The molecule has 0 spiro atoms. The van der Waals surface area contributed by atoms with Crippen molar-refractivity contribution in [3.63, 3.8) is 0 Å². The standard InChI is InChI=1S/C19H18F3NO3/c1-12(26-17-9-5-3-7-15(17)19(20,21)22)18(24)23-14-10-13-6-2-4-8-16(13)25-11-14/h2-9,12,14H,10-11H2,1H3,(H,23,24)/t12-,14+/m0/s1. The highest BCUT2D eigenvalue weighted by atomic mass is 19.4. The summed E-state index contributed by atoms with van der Waals surface area (Å²) in [4.78, 5) is 12.3. The lowest BCUT2D eigenvalue weighted by atomic mass is 10.0. The normalized spacial score (nSPS) is 17.6. The Kier molecular flexibility index (Phi) is 5.06. The van der Waals surface area contributed by atoms with Crippen molar-refractivity contribution in [3.8, 4) is 11.5 Å². The van der Waals surface area contributed by atoms with E-state index in [4.69, 9.17) is 9.47 Å². The third-order valence-corrected chi connectivity index (χ3v) is 4.09. The molecule has 4 nitrogen and oxygen atoms in total. The van der Waals surface area contributed by atoms with Gasteiger partial charge >= 0.3 is 6.18 Å². The van der Waals surface area contributed by atoms with Gasteiger partial charge in [0.15, 0.2) is 6.10 Å². The minimum atomic E-state index is -4.55. The number of fused-ring (bicyclic) bond motifs is 1. The first-order valence-corrected chi connectivity index (χ1v) is 8.18. The summed E-state index contributed by atoms with van der Waals surface area (Å²) >= 11 is 0. The van der Waals surface area contributed by atoms with Gasteiger partial charge < -0.3 is 14.8 Å². The van der Waals surface area contributed by atoms with Crippen LogP contribution in [0.3, 0.4) is 0 Å². The first-order chi connectivity index (χ1) is 12.3. The Balaban J connectivity index is 1.63. The Hall–Kier alpha value is -2.70. The first kappa shape index (κ1) is 18.1. The molecule has 1 amide bonds. The Morgan fingerprint density at radius 2 is 1.88 bits per heavy atom. The van der Waals surface area contributed by atoms with Gasteiger partial charge in [-0.2, -0.15) is 13.2 Å². The zero-order valence-electron chi connectivity index (χ0n) is 14.0. The van der Waals surface area contributed by atoms with Crippen molar-refractivity contribution in [2.75, 3.05) is 6.61 Å². The van der Waals surface area contributed by atoms with E-state index in [0.29, 0.717) is 13.0 Å². The van der Waals surface area contributed by atoms with Gasteiger partial charge in [-0.05, 0) is 37.1 Å². The van der Waals surface area contributed by atoms with Crippen LogP contribution >= 0.6 is 0 Å². The molecule has 3 rings (SSSR count). The highest BCUT2D eigenvalue weighted by Crippen LogP contribution is 2.36. The summed E-state index contributed by atoms with van der Waals surface area (Å²) in [6.07, 6.45) is -5.03. The molecular weight excluding hydrogens is 347 g/mol. The number of hydrogen-bond donors (Lipinski definition) is 1. The van der Waals surface area contributed by atoms with Crippen LogP contribution < -0.4 is 14.8 Å². The number of ether oxygens (including phenoxy) is 2. The zero-order chi connectivity index (χ0) is 18.7. The molecule has 0 fully saturated rings. The van der Waals surface area contributed by atoms with Crippen LogP contribution in [0.25, 0.3) is 0 Å². The third kappa shape index (κ3) is 4.09. The molecule has 0 unspecified atom stereocenters. The van der Waals surface area contributed by atoms with Crippen LogP contribution in [-0.2, 0) is 17.4 Å². The average molecular weight is 365 g/mol. The van der Waals surface area contributed by atoms with Crippen molar-refractivity contribution < 1.29 is 27.4 Å². The third-order valence-electron chi connectivity index (χ3n) is 4.09. The Morgan fingerprint density at radius 1 is 1.19 bits per heavy atom. The van der Waals surface area contributed by atoms with Gasteiger partial charge in [-0.3, -0.25) is 4.79 Å². The van der Waals surface area contributed by atoms with Crippen molar-refractivity contribution >= 4 is 5.91 Å². The molecule has 2 aromatic carbocycles. The van der Waals surface area contributed by atoms with Gasteiger partial charge in [-0.25, -0.2) is 0 Å². The molecule has 1 aliphatic rings. The van der Waals surface area contributed by atoms with Crippen molar-refractivity contribution in [2.24, 2.45) is 0 Å². The summed E-state index contributed by atoms with van der Waals surface area (Å²) in [5.41, 5.74) is 0.0645. The van der Waals surface area contributed by atoms with Gasteiger partial charge in [0.2, 0.25) is 0 Å². The van der Waals surface area contributed by atoms with Gasteiger partial charge in [0.1, 0.15) is 18.1 Å². The lowest BCUT2D eigenvalue weighted by Gasteiger charge is -2.27. The fourth-order valence-corrected chi connectivity index (χ4v) is 2.79. The predicted molar refractivity (Wildman–Crippen MR) is 89.1 cm³/mol. The smallest absolute Gasteiger partial charge is 0.419 e. The number of benzene rings is 2. The topological polar surface area (TPSA) is 47.6 Å². The molecule has 2 atom stereocenters. The number of hydrogen-bond acceptors (Lipinski definition) is 3. The van der Waals surface area contributed by atoms with Gasteiger partial charge in [-0.1, -0.05) is 30.3 Å². The van der Waals surface area contributed by atoms with Crippen LogP contribution in [0.5, 0.6) is 11.5 Å². The van der Waals surface area contributed by atoms with Crippen molar-refractivity contribution in [1.82, 2.24) is 5.32 Å². The molecular formula is C19H18F3NO3. The van der Waals surface area contributed by atoms with E-state index in [-0.39, 0.29) is 11.8 Å². The molecule has 138 valence electrons. The quantitative estimate of drug-likeness (QED) is 0.901. The maximum absolute atomic E-state index is 13.0. The Bertz CT molecular complexity index is 792. The summed E-state index contributed by atoms with van der Waals surface area (Å²) < 4.78 is 49.9. The van der Waals surface area contributed by atoms with Gasteiger partial charge in [-0.15, -0.1) is 0 Å². The molecule has 0 radical (unpaired) electrons. The van der Waals surface area contributed by atoms with Gasteiger partial charge in [0, 0.05) is 0 Å². The van der Waals surface area contributed by atoms with E-state index in [1.54, 1.807) is 0 Å². The highest BCUT2D eigenvalue weighted by molar-refractivity contribution is 5.81. The van der Waals surface area contributed by atoms with Crippen LogP contribution in [-0.4, -0.2) is 24.7 Å². The molecule has 0 saturated carbocycles. The second-order valence-corrected chi connectivity index (χ2v) is 6.08. The van der Waals surface area contributed by atoms with Crippen molar-refractivity contribution in [2.45, 2.75) is 31.7 Å². The van der Waals surface area contributed by atoms with Crippen LogP contribution in [0.2, 0.25) is 0 Å². The van der Waals surface area contributed by atoms with E-state index >= 15 is 0 Å². The zero-order valence-corrected chi connectivity index (χ0v) is 14.0. The summed E-state index contributed by atoms with van der Waals surface area (Å²) in [6, 6.07) is 12.1. The number of carbonyl (C=O) groups excluding carboxylic acids is 1. The van der Waals surface area contributed by atoms with E-state index in [9.17, 15) is 18.0 Å². The van der Waals surface area contributed by atoms with E-state index in [1.807, 2.05) is 24.3 Å². The number of alkyl halides is 3. The molecule has 1 heterocycles. The van der Waals surface area contributed by atoms with Gasteiger partial charge in [0.25, 0.3) is 5.91 Å². The van der Waals surface area contributed by atoms with E-state index in [0.717, 1.165) is 17.4 Å². The van der Waals surface area contributed by atoms with E-state index < -0.39 is 23.8 Å². The Labute approximate surface area is 148 Å². The number of halogens is 3. The predicted octanol–water partition coefficient (Wildman–Crippen LogP) is 3.59. The van der Waals surface area contributed by atoms with Crippen LogP contribution in [0, 0.1) is 0 Å². The minimum absolute atomic E-state index is 0.263. The molecule has 0 aromatic heterocycles. The second kappa shape index (κ2) is 7.27. The average Bonchev–Trinajstić information content (AvgIpc) is 2.61. The Morgan fingerprint density at radius 3 is 2.65 bits per heavy atom. The number of para-hydroxylation sites is 2. The summed E-state index contributed by atoms with van der Waals surface area (Å²) in [7, 11) is 0. The molecule has 2 aromatic rings. The number of rotatable bonds is 4. The summed E-state index contributed by atoms with van der Waals surface area (Å²) in [5.74, 6) is -0.0794. The van der Waals surface area contributed by atoms with Crippen molar-refractivity contribution in [3.05, 3.63) is 59.7 Å². The summed E-state index contributed by atoms with van der Waals surface area (Å²) in [6.45, 7) is 1.72. The second-order valence-electron chi connectivity index (χ2n) is 6.08. The largest absolute Gasteiger partial charge is 0.491 e. The molecule has 26 heavy (non-hydrogen) atoms. The maximum atomic E-state index is 13.0. The molecule has 1 N–H and O–H groups in total.